The summed E-state index contributed by atoms with van der Waals surface area (Å²) in [6.07, 6.45) is 8.55. The molecule has 0 spiro atoms. The summed E-state index contributed by atoms with van der Waals surface area (Å²) in [5.74, 6) is 1.14. The van der Waals surface area contributed by atoms with Gasteiger partial charge in [-0.3, -0.25) is 9.69 Å². The summed E-state index contributed by atoms with van der Waals surface area (Å²) in [5, 5.41) is 0. The minimum absolute atomic E-state index is 0.189. The Balaban J connectivity index is 1.48. The first-order chi connectivity index (χ1) is 10.1. The van der Waals surface area contributed by atoms with Gasteiger partial charge in [0.2, 0.25) is 5.91 Å². The Morgan fingerprint density at radius 3 is 2.29 bits per heavy atom. The Kier molecular flexibility index (Phi) is 4.85. The van der Waals surface area contributed by atoms with Crippen LogP contribution >= 0.6 is 0 Å². The maximum Gasteiger partial charge on any atom is 0.225 e. The van der Waals surface area contributed by atoms with E-state index in [0.717, 1.165) is 51.5 Å². The first kappa shape index (κ1) is 15.3. The fourth-order valence-corrected chi connectivity index (χ4v) is 4.42. The van der Waals surface area contributed by atoms with E-state index in [1.54, 1.807) is 0 Å². The van der Waals surface area contributed by atoms with Crippen LogP contribution in [-0.2, 0) is 4.79 Å². The second-order valence-corrected chi connectivity index (χ2v) is 7.45. The molecule has 4 heteroatoms. The standard InChI is InChI=1S/C17H31N3O/c1-13-6-7-14(12-16(13)18)17(21)20-10-8-19(9-11-20)15-4-2-3-5-15/h13-16H,2-12,18H2,1H3. The molecule has 3 rings (SSSR count). The van der Waals surface area contributed by atoms with Crippen molar-refractivity contribution in [2.75, 3.05) is 26.2 Å². The van der Waals surface area contributed by atoms with Gasteiger partial charge in [-0.05, 0) is 38.0 Å². The van der Waals surface area contributed by atoms with E-state index in [1.165, 1.54) is 25.7 Å². The molecular formula is C17H31N3O. The van der Waals surface area contributed by atoms with Crippen LogP contribution in [0.25, 0.3) is 0 Å². The summed E-state index contributed by atoms with van der Waals surface area (Å²) < 4.78 is 0. The van der Waals surface area contributed by atoms with Gasteiger partial charge >= 0.3 is 0 Å². The molecule has 3 unspecified atom stereocenters. The zero-order valence-electron chi connectivity index (χ0n) is 13.5. The molecule has 2 saturated carbocycles. The third-order valence-corrected chi connectivity index (χ3v) is 6.07. The van der Waals surface area contributed by atoms with Crippen molar-refractivity contribution in [3.05, 3.63) is 0 Å². The molecule has 21 heavy (non-hydrogen) atoms. The molecule has 1 saturated heterocycles. The van der Waals surface area contributed by atoms with E-state index in [1.807, 2.05) is 0 Å². The highest BCUT2D eigenvalue weighted by atomic mass is 16.2. The van der Waals surface area contributed by atoms with Crippen LogP contribution in [0.4, 0.5) is 0 Å². The summed E-state index contributed by atoms with van der Waals surface area (Å²) in [7, 11) is 0. The lowest BCUT2D eigenvalue weighted by Crippen LogP contribution is -2.53. The molecule has 3 aliphatic rings. The number of carbonyl (C=O) groups excluding carboxylic acids is 1. The predicted molar refractivity (Wildman–Crippen MR) is 84.9 cm³/mol. The lowest BCUT2D eigenvalue weighted by molar-refractivity contribution is -0.139. The third-order valence-electron chi connectivity index (χ3n) is 6.07. The van der Waals surface area contributed by atoms with Crippen molar-refractivity contribution in [1.29, 1.82) is 0 Å². The highest BCUT2D eigenvalue weighted by Gasteiger charge is 2.34. The number of nitrogens with zero attached hydrogens (tertiary/aromatic N) is 2. The van der Waals surface area contributed by atoms with Crippen LogP contribution in [0.5, 0.6) is 0 Å². The van der Waals surface area contributed by atoms with Crippen LogP contribution in [0, 0.1) is 11.8 Å². The number of rotatable bonds is 2. The second kappa shape index (κ2) is 6.66. The van der Waals surface area contributed by atoms with Crippen LogP contribution in [0.2, 0.25) is 0 Å². The molecule has 0 radical (unpaired) electrons. The zero-order valence-corrected chi connectivity index (χ0v) is 13.5. The monoisotopic (exact) mass is 293 g/mol. The summed E-state index contributed by atoms with van der Waals surface area (Å²) >= 11 is 0. The maximum absolute atomic E-state index is 12.7. The minimum atomic E-state index is 0.189. The van der Waals surface area contributed by atoms with Gasteiger partial charge in [0.15, 0.2) is 0 Å². The number of hydrogen-bond acceptors (Lipinski definition) is 3. The Hall–Kier alpha value is -0.610. The average Bonchev–Trinajstić information content (AvgIpc) is 3.04. The SMILES string of the molecule is CC1CCC(C(=O)N2CCN(C3CCCC3)CC2)CC1N. The fraction of sp³-hybridized carbons (Fsp3) is 0.941. The van der Waals surface area contributed by atoms with E-state index < -0.39 is 0 Å². The highest BCUT2D eigenvalue weighted by Crippen LogP contribution is 2.30. The molecule has 2 N–H and O–H groups in total. The van der Waals surface area contributed by atoms with Crippen molar-refractivity contribution in [1.82, 2.24) is 9.80 Å². The summed E-state index contributed by atoms with van der Waals surface area (Å²) in [4.78, 5) is 17.4. The molecule has 1 amide bonds. The number of carbonyl (C=O) groups is 1. The molecule has 0 aromatic carbocycles. The Morgan fingerprint density at radius 2 is 1.67 bits per heavy atom. The Morgan fingerprint density at radius 1 is 1.00 bits per heavy atom. The van der Waals surface area contributed by atoms with Crippen LogP contribution in [0.3, 0.4) is 0 Å². The van der Waals surface area contributed by atoms with Gasteiger partial charge in [-0.25, -0.2) is 0 Å². The van der Waals surface area contributed by atoms with Crippen LogP contribution in [-0.4, -0.2) is 54.0 Å². The first-order valence-corrected chi connectivity index (χ1v) is 8.93. The van der Waals surface area contributed by atoms with E-state index >= 15 is 0 Å². The molecule has 120 valence electrons. The van der Waals surface area contributed by atoms with E-state index in [-0.39, 0.29) is 12.0 Å². The zero-order chi connectivity index (χ0) is 14.8. The Bertz CT molecular complexity index is 359. The number of amides is 1. The molecule has 4 nitrogen and oxygen atoms in total. The van der Waals surface area contributed by atoms with Gasteiger partial charge < -0.3 is 10.6 Å². The van der Waals surface area contributed by atoms with E-state index in [0.29, 0.717) is 11.8 Å². The smallest absolute Gasteiger partial charge is 0.225 e. The lowest BCUT2D eigenvalue weighted by atomic mass is 9.79. The van der Waals surface area contributed by atoms with Gasteiger partial charge in [-0.1, -0.05) is 19.8 Å². The molecule has 3 atom stereocenters. The van der Waals surface area contributed by atoms with Crippen molar-refractivity contribution in [2.24, 2.45) is 17.6 Å². The van der Waals surface area contributed by atoms with Crippen molar-refractivity contribution in [2.45, 2.75) is 64.0 Å². The minimum Gasteiger partial charge on any atom is -0.340 e. The van der Waals surface area contributed by atoms with Gasteiger partial charge in [-0.2, -0.15) is 0 Å². The van der Waals surface area contributed by atoms with E-state index in [4.69, 9.17) is 5.73 Å². The van der Waals surface area contributed by atoms with Gasteiger partial charge in [0.05, 0.1) is 0 Å². The number of piperazine rings is 1. The van der Waals surface area contributed by atoms with Crippen LogP contribution in [0.15, 0.2) is 0 Å². The van der Waals surface area contributed by atoms with E-state index in [9.17, 15) is 4.79 Å². The van der Waals surface area contributed by atoms with Gasteiger partial charge in [0.1, 0.15) is 0 Å². The lowest BCUT2D eigenvalue weighted by Gasteiger charge is -2.40. The molecule has 0 aromatic rings. The third kappa shape index (κ3) is 3.42. The normalized spacial score (nSPS) is 36.1. The van der Waals surface area contributed by atoms with E-state index in [2.05, 4.69) is 16.7 Å². The van der Waals surface area contributed by atoms with Crippen molar-refractivity contribution in [3.8, 4) is 0 Å². The van der Waals surface area contributed by atoms with Crippen molar-refractivity contribution >= 4 is 5.91 Å². The summed E-state index contributed by atoms with van der Waals surface area (Å²) in [5.41, 5.74) is 6.16. The largest absolute Gasteiger partial charge is 0.340 e. The van der Waals surface area contributed by atoms with Gasteiger partial charge in [0, 0.05) is 44.2 Å². The van der Waals surface area contributed by atoms with Crippen LogP contribution < -0.4 is 5.73 Å². The average molecular weight is 293 g/mol. The van der Waals surface area contributed by atoms with Crippen molar-refractivity contribution in [3.63, 3.8) is 0 Å². The van der Waals surface area contributed by atoms with Crippen molar-refractivity contribution < 1.29 is 4.79 Å². The maximum atomic E-state index is 12.7. The fourth-order valence-electron chi connectivity index (χ4n) is 4.42. The highest BCUT2D eigenvalue weighted by molar-refractivity contribution is 5.79. The molecule has 1 heterocycles. The quantitative estimate of drug-likeness (QED) is 0.845. The molecule has 0 bridgehead atoms. The Labute approximate surface area is 129 Å². The molecule has 1 aliphatic heterocycles. The van der Waals surface area contributed by atoms with Crippen LogP contribution in [0.1, 0.15) is 51.9 Å². The second-order valence-electron chi connectivity index (χ2n) is 7.45. The summed E-state index contributed by atoms with van der Waals surface area (Å²) in [6, 6.07) is 1.01. The first-order valence-electron chi connectivity index (χ1n) is 8.93. The van der Waals surface area contributed by atoms with Gasteiger partial charge in [-0.15, -0.1) is 0 Å². The summed E-state index contributed by atoms with van der Waals surface area (Å²) in [6.45, 7) is 6.22. The molecule has 2 aliphatic carbocycles. The van der Waals surface area contributed by atoms with Gasteiger partial charge in [0.25, 0.3) is 0 Å². The molecule has 3 fully saturated rings. The molecular weight excluding hydrogens is 262 g/mol. The number of hydrogen-bond donors (Lipinski definition) is 1. The predicted octanol–water partition coefficient (Wildman–Crippen LogP) is 1.84. The molecule has 0 aromatic heterocycles. The number of nitrogens with two attached hydrogens (primary N) is 1. The topological polar surface area (TPSA) is 49.6 Å².